The predicted octanol–water partition coefficient (Wildman–Crippen LogP) is 4.38. The number of aromatic nitrogens is 3. The van der Waals surface area contributed by atoms with E-state index in [-0.39, 0.29) is 0 Å². The highest BCUT2D eigenvalue weighted by Crippen LogP contribution is 2.35. The van der Waals surface area contributed by atoms with E-state index in [9.17, 15) is 4.79 Å². The average Bonchev–Trinajstić information content (AvgIpc) is 3.18. The minimum atomic E-state index is -0.440. The average molecular weight is 421 g/mol. The molecule has 2 amide bonds. The summed E-state index contributed by atoms with van der Waals surface area (Å²) in [5, 5.41) is 9.67. The Kier molecular flexibility index (Phi) is 5.52. The molecule has 0 aliphatic rings. The largest absolute Gasteiger partial charge is 0.493 e. The zero-order chi connectivity index (χ0) is 21.8. The standard InChI is InChI=1S/C21H19N5O5/c1-12-8-19(26-31-12)25-21(27)24-13-4-6-14(7-5-13)30-20-15-9-17(28-2)18(29-3)10-16(15)22-11-23-20/h4-11H,1-3H3,(H2,24,25,26,27). The minimum absolute atomic E-state index is 0.331. The van der Waals surface area contributed by atoms with Crippen LogP contribution in [0.5, 0.6) is 23.1 Å². The summed E-state index contributed by atoms with van der Waals surface area (Å²) in [6.07, 6.45) is 1.41. The number of methoxy groups -OCH3 is 2. The van der Waals surface area contributed by atoms with Gasteiger partial charge in [0, 0.05) is 17.8 Å². The molecule has 0 spiro atoms. The van der Waals surface area contributed by atoms with Crippen LogP contribution in [0.2, 0.25) is 0 Å². The smallest absolute Gasteiger partial charge is 0.324 e. The fraction of sp³-hybridized carbons (Fsp3) is 0.143. The molecule has 0 saturated heterocycles. The Labute approximate surface area is 177 Å². The summed E-state index contributed by atoms with van der Waals surface area (Å²) < 4.78 is 21.5. The molecule has 31 heavy (non-hydrogen) atoms. The molecule has 0 aliphatic carbocycles. The zero-order valence-electron chi connectivity index (χ0n) is 17.0. The fourth-order valence-electron chi connectivity index (χ4n) is 2.86. The van der Waals surface area contributed by atoms with E-state index in [4.69, 9.17) is 18.7 Å². The van der Waals surface area contributed by atoms with Crippen LogP contribution in [0.1, 0.15) is 5.76 Å². The van der Waals surface area contributed by atoms with Crippen LogP contribution >= 0.6 is 0 Å². The number of carbonyl (C=O) groups excluding carboxylic acids is 1. The number of urea groups is 1. The van der Waals surface area contributed by atoms with E-state index >= 15 is 0 Å². The molecule has 10 heteroatoms. The first kappa shape index (κ1) is 20.0. The van der Waals surface area contributed by atoms with Crippen molar-refractivity contribution in [2.24, 2.45) is 0 Å². The highest BCUT2D eigenvalue weighted by molar-refractivity contribution is 5.99. The number of fused-ring (bicyclic) bond motifs is 1. The lowest BCUT2D eigenvalue weighted by atomic mass is 10.2. The lowest BCUT2D eigenvalue weighted by Gasteiger charge is -2.12. The number of benzene rings is 2. The first-order chi connectivity index (χ1) is 15.1. The van der Waals surface area contributed by atoms with Crippen LogP contribution in [-0.4, -0.2) is 35.4 Å². The van der Waals surface area contributed by atoms with E-state index in [2.05, 4.69) is 25.8 Å². The van der Waals surface area contributed by atoms with Crippen molar-refractivity contribution in [3.05, 3.63) is 54.6 Å². The summed E-state index contributed by atoms with van der Waals surface area (Å²) in [4.78, 5) is 20.5. The lowest BCUT2D eigenvalue weighted by molar-refractivity contribution is 0.262. The molecular formula is C21H19N5O5. The second-order valence-corrected chi connectivity index (χ2v) is 6.43. The Balaban J connectivity index is 1.48. The molecule has 0 saturated carbocycles. The Morgan fingerprint density at radius 3 is 2.39 bits per heavy atom. The molecule has 2 N–H and O–H groups in total. The van der Waals surface area contributed by atoms with Crippen molar-refractivity contribution in [1.82, 2.24) is 15.1 Å². The highest BCUT2D eigenvalue weighted by atomic mass is 16.5. The molecule has 0 atom stereocenters. The van der Waals surface area contributed by atoms with Crippen molar-refractivity contribution in [3.8, 4) is 23.1 Å². The van der Waals surface area contributed by atoms with Crippen molar-refractivity contribution < 1.29 is 23.5 Å². The van der Waals surface area contributed by atoms with Crippen LogP contribution in [0.3, 0.4) is 0 Å². The first-order valence-electron chi connectivity index (χ1n) is 9.21. The Bertz CT molecular complexity index is 1220. The normalized spacial score (nSPS) is 10.5. The van der Waals surface area contributed by atoms with Crippen LogP contribution in [0.15, 0.2) is 53.3 Å². The van der Waals surface area contributed by atoms with E-state index in [1.807, 2.05) is 0 Å². The quantitative estimate of drug-likeness (QED) is 0.470. The van der Waals surface area contributed by atoms with Gasteiger partial charge >= 0.3 is 6.03 Å². The maximum absolute atomic E-state index is 12.1. The maximum Gasteiger partial charge on any atom is 0.324 e. The number of ether oxygens (including phenoxy) is 3. The summed E-state index contributed by atoms with van der Waals surface area (Å²) in [6, 6.07) is 11.5. The molecule has 0 radical (unpaired) electrons. The number of nitrogens with one attached hydrogen (secondary N) is 2. The molecule has 158 valence electrons. The SMILES string of the molecule is COc1cc2ncnc(Oc3ccc(NC(=O)Nc4cc(C)on4)cc3)c2cc1OC. The highest BCUT2D eigenvalue weighted by Gasteiger charge is 2.13. The summed E-state index contributed by atoms with van der Waals surface area (Å²) in [5.74, 6) is 2.94. The number of hydrogen-bond donors (Lipinski definition) is 2. The van der Waals surface area contributed by atoms with Crippen molar-refractivity contribution in [2.45, 2.75) is 6.92 Å². The third-order valence-electron chi connectivity index (χ3n) is 4.30. The fourth-order valence-corrected chi connectivity index (χ4v) is 2.86. The molecule has 2 heterocycles. The van der Waals surface area contributed by atoms with E-state index in [0.717, 1.165) is 0 Å². The van der Waals surface area contributed by atoms with Gasteiger partial charge in [-0.3, -0.25) is 5.32 Å². The van der Waals surface area contributed by atoms with Gasteiger partial charge in [0.15, 0.2) is 17.3 Å². The summed E-state index contributed by atoms with van der Waals surface area (Å²) in [7, 11) is 3.12. The van der Waals surface area contributed by atoms with E-state index in [1.165, 1.54) is 6.33 Å². The van der Waals surface area contributed by atoms with Crippen molar-refractivity contribution in [1.29, 1.82) is 0 Å². The Morgan fingerprint density at radius 2 is 1.71 bits per heavy atom. The summed E-state index contributed by atoms with van der Waals surface area (Å²) >= 11 is 0. The summed E-state index contributed by atoms with van der Waals surface area (Å²) in [6.45, 7) is 1.74. The molecule has 2 aromatic carbocycles. The third kappa shape index (κ3) is 4.47. The van der Waals surface area contributed by atoms with Gasteiger partial charge in [-0.2, -0.15) is 0 Å². The van der Waals surface area contributed by atoms with Crippen LogP contribution in [-0.2, 0) is 0 Å². The number of nitrogens with zero attached hydrogens (tertiary/aromatic N) is 3. The number of aryl methyl sites for hydroxylation is 1. The zero-order valence-corrected chi connectivity index (χ0v) is 17.0. The van der Waals surface area contributed by atoms with Crippen molar-refractivity contribution in [3.63, 3.8) is 0 Å². The van der Waals surface area contributed by atoms with Gasteiger partial charge in [-0.15, -0.1) is 0 Å². The van der Waals surface area contributed by atoms with Gasteiger partial charge in [0.25, 0.3) is 0 Å². The second kappa shape index (κ2) is 8.57. The van der Waals surface area contributed by atoms with Gasteiger partial charge in [-0.25, -0.2) is 14.8 Å². The lowest BCUT2D eigenvalue weighted by Crippen LogP contribution is -2.19. The van der Waals surface area contributed by atoms with Crippen LogP contribution in [0, 0.1) is 6.92 Å². The summed E-state index contributed by atoms with van der Waals surface area (Å²) in [5.41, 5.74) is 1.23. The van der Waals surface area contributed by atoms with E-state index < -0.39 is 6.03 Å². The van der Waals surface area contributed by atoms with E-state index in [1.54, 1.807) is 63.6 Å². The maximum atomic E-state index is 12.1. The molecule has 10 nitrogen and oxygen atoms in total. The molecule has 2 aromatic heterocycles. The molecule has 4 rings (SSSR count). The Morgan fingerprint density at radius 1 is 0.968 bits per heavy atom. The molecule has 0 bridgehead atoms. The van der Waals surface area contributed by atoms with Gasteiger partial charge in [0.05, 0.1) is 25.1 Å². The second-order valence-electron chi connectivity index (χ2n) is 6.43. The van der Waals surface area contributed by atoms with Crippen LogP contribution < -0.4 is 24.8 Å². The molecule has 0 unspecified atom stereocenters. The number of anilines is 2. The number of hydrogen-bond acceptors (Lipinski definition) is 8. The number of amides is 2. The van der Waals surface area contributed by atoms with Gasteiger partial charge in [0.1, 0.15) is 17.8 Å². The molecule has 0 aliphatic heterocycles. The number of rotatable bonds is 6. The minimum Gasteiger partial charge on any atom is -0.493 e. The van der Waals surface area contributed by atoms with Gasteiger partial charge in [-0.1, -0.05) is 5.16 Å². The first-order valence-corrected chi connectivity index (χ1v) is 9.21. The Hall–Kier alpha value is -4.34. The third-order valence-corrected chi connectivity index (χ3v) is 4.30. The van der Waals surface area contributed by atoms with Gasteiger partial charge in [-0.05, 0) is 37.3 Å². The molecular weight excluding hydrogens is 402 g/mol. The van der Waals surface area contributed by atoms with Gasteiger partial charge in [0.2, 0.25) is 5.88 Å². The predicted molar refractivity (Wildman–Crippen MR) is 113 cm³/mol. The van der Waals surface area contributed by atoms with Crippen LogP contribution in [0.25, 0.3) is 10.9 Å². The topological polar surface area (TPSA) is 121 Å². The van der Waals surface area contributed by atoms with Crippen molar-refractivity contribution in [2.75, 3.05) is 24.9 Å². The monoisotopic (exact) mass is 421 g/mol. The molecule has 0 fully saturated rings. The van der Waals surface area contributed by atoms with E-state index in [0.29, 0.717) is 51.3 Å². The molecule has 4 aromatic rings. The van der Waals surface area contributed by atoms with Crippen LogP contribution in [0.4, 0.5) is 16.3 Å². The van der Waals surface area contributed by atoms with Gasteiger partial charge < -0.3 is 24.1 Å². The van der Waals surface area contributed by atoms with Crippen molar-refractivity contribution >= 4 is 28.4 Å². The number of carbonyl (C=O) groups is 1.